The molecule has 0 saturated carbocycles. The second kappa shape index (κ2) is 776. The molecule has 15 heavy (non-hydrogen) atoms. The van der Waals surface area contributed by atoms with Crippen molar-refractivity contribution in [2.45, 2.75) is 75.7 Å². The molecule has 1 radical (unpaired) electrons. The normalized spacial score (nSPS) is 3.20. The Balaban J connectivity index is -0.00000000643. The summed E-state index contributed by atoms with van der Waals surface area (Å²) < 4.78 is 0. The summed E-state index contributed by atoms with van der Waals surface area (Å²) in [5, 5.41) is 0. The summed E-state index contributed by atoms with van der Waals surface area (Å²) in [6, 6.07) is 0. The Bertz CT molecular complexity index is 15.6. The molecule has 107 valence electrons. The smallest absolute Gasteiger partial charge is 0 e. The number of rotatable bonds is 0. The first kappa shape index (κ1) is 56.5. The summed E-state index contributed by atoms with van der Waals surface area (Å²) in [5.74, 6) is 0. The molecule has 0 atom stereocenters. The molecular formula is C12H39NRhS. The van der Waals surface area contributed by atoms with Gasteiger partial charge in [-0.2, -0.15) is 13.5 Å². The minimum absolute atomic E-state index is 0. The Kier molecular flexibility index (Phi) is 2920. The molecule has 0 heterocycles. The molecule has 0 spiro atoms. The first-order valence-electron chi connectivity index (χ1n) is 5.99. The van der Waals surface area contributed by atoms with Crippen LogP contribution in [-0.4, -0.2) is 7.05 Å². The van der Waals surface area contributed by atoms with Gasteiger partial charge in [-0.1, -0.05) is 75.7 Å². The predicted octanol–water partition coefficient (Wildman–Crippen LogP) is 5.21. The van der Waals surface area contributed by atoms with Crippen LogP contribution in [0.25, 0.3) is 0 Å². The summed E-state index contributed by atoms with van der Waals surface area (Å²) >= 11 is 0. The van der Waals surface area contributed by atoms with Crippen molar-refractivity contribution in [1.29, 1.82) is 0 Å². The topological polar surface area (TPSA) is 26.0 Å². The molecule has 2 N–H and O–H groups in total. The van der Waals surface area contributed by atoms with Crippen molar-refractivity contribution in [3.05, 3.63) is 0 Å². The standard InChI is InChI=1S/C3H8.4C2H6.CH5N.Rh.H2S/c1-3-2;5*1-2;;/h3H2,1-2H3;4*1-2H3;2H2,1H3;;1H2. The van der Waals surface area contributed by atoms with E-state index in [0.717, 1.165) is 0 Å². The molecule has 1 nitrogen and oxygen atoms in total. The Morgan fingerprint density at radius 1 is 0.600 bits per heavy atom. The monoisotopic (exact) mass is 332 g/mol. The van der Waals surface area contributed by atoms with Gasteiger partial charge >= 0.3 is 0 Å². The van der Waals surface area contributed by atoms with Gasteiger partial charge < -0.3 is 5.73 Å². The molecule has 0 amide bonds. The molecule has 0 bridgehead atoms. The predicted molar refractivity (Wildman–Crippen MR) is 81.8 cm³/mol. The fourth-order valence-corrected chi connectivity index (χ4v) is 0. The van der Waals surface area contributed by atoms with Crippen molar-refractivity contribution >= 4 is 13.5 Å². The summed E-state index contributed by atoms with van der Waals surface area (Å²) in [5.41, 5.74) is 4.50. The Morgan fingerprint density at radius 3 is 0.600 bits per heavy atom. The van der Waals surface area contributed by atoms with Gasteiger partial charge in [0.15, 0.2) is 0 Å². The summed E-state index contributed by atoms with van der Waals surface area (Å²) in [7, 11) is 1.50. The van der Waals surface area contributed by atoms with Crippen LogP contribution in [0.3, 0.4) is 0 Å². The van der Waals surface area contributed by atoms with Crippen LogP contribution in [0, 0.1) is 0 Å². The molecule has 0 aromatic carbocycles. The molecule has 0 rings (SSSR count). The maximum absolute atomic E-state index is 4.50. The summed E-state index contributed by atoms with van der Waals surface area (Å²) in [6.45, 7) is 20.2. The largest absolute Gasteiger partial charge is 0.333 e. The molecule has 0 unspecified atom stereocenters. The Labute approximate surface area is 121 Å². The van der Waals surface area contributed by atoms with E-state index in [2.05, 4.69) is 19.6 Å². The van der Waals surface area contributed by atoms with E-state index in [-0.39, 0.29) is 33.0 Å². The fourth-order valence-electron chi connectivity index (χ4n) is 0. The van der Waals surface area contributed by atoms with Crippen LogP contribution in [-0.2, 0) is 19.5 Å². The number of hydrogen-bond donors (Lipinski definition) is 1. The quantitative estimate of drug-likeness (QED) is 0.606. The molecule has 3 heteroatoms. The minimum Gasteiger partial charge on any atom is -0.333 e. The van der Waals surface area contributed by atoms with E-state index < -0.39 is 0 Å². The van der Waals surface area contributed by atoms with E-state index in [1.807, 2.05) is 55.4 Å². The zero-order valence-corrected chi connectivity index (χ0v) is 15.8. The Morgan fingerprint density at radius 2 is 0.600 bits per heavy atom. The third-order valence-corrected chi connectivity index (χ3v) is 0. The minimum atomic E-state index is 0. The SMILES string of the molecule is CC.CC.CC.CC.CCC.CN.S.[Rh]. The zero-order chi connectivity index (χ0) is 12.7. The molecular weight excluding hydrogens is 293 g/mol. The molecule has 0 aliphatic heterocycles. The first-order chi connectivity index (χ1) is 6.41. The maximum atomic E-state index is 4.50. The van der Waals surface area contributed by atoms with Crippen LogP contribution in [0.4, 0.5) is 0 Å². The van der Waals surface area contributed by atoms with Gasteiger partial charge in [-0.3, -0.25) is 0 Å². The molecule has 0 aromatic rings. The van der Waals surface area contributed by atoms with Crippen LogP contribution < -0.4 is 5.73 Å². The van der Waals surface area contributed by atoms with E-state index in [1.54, 1.807) is 0 Å². The van der Waals surface area contributed by atoms with Gasteiger partial charge in [-0.15, -0.1) is 0 Å². The van der Waals surface area contributed by atoms with Crippen molar-refractivity contribution in [2.24, 2.45) is 5.73 Å². The van der Waals surface area contributed by atoms with Crippen LogP contribution in [0.1, 0.15) is 75.7 Å². The number of nitrogens with two attached hydrogens (primary N) is 1. The average Bonchev–Trinajstić information content (AvgIpc) is 2.32. The van der Waals surface area contributed by atoms with E-state index >= 15 is 0 Å². The zero-order valence-electron chi connectivity index (χ0n) is 13.1. The maximum Gasteiger partial charge on any atom is 0 e. The van der Waals surface area contributed by atoms with Gasteiger partial charge in [0.05, 0.1) is 0 Å². The fraction of sp³-hybridized carbons (Fsp3) is 1.00. The second-order valence-electron chi connectivity index (χ2n) is 0.707. The summed E-state index contributed by atoms with van der Waals surface area (Å²) in [4.78, 5) is 0. The van der Waals surface area contributed by atoms with Crippen molar-refractivity contribution in [3.63, 3.8) is 0 Å². The van der Waals surface area contributed by atoms with Gasteiger partial charge in [-0.25, -0.2) is 0 Å². The van der Waals surface area contributed by atoms with Crippen LogP contribution in [0.2, 0.25) is 0 Å². The average molecular weight is 332 g/mol. The number of hydrogen-bond acceptors (Lipinski definition) is 1. The van der Waals surface area contributed by atoms with Crippen molar-refractivity contribution in [1.82, 2.24) is 0 Å². The first-order valence-corrected chi connectivity index (χ1v) is 5.99. The van der Waals surface area contributed by atoms with Gasteiger partial charge in [0, 0.05) is 19.5 Å². The van der Waals surface area contributed by atoms with E-state index in [4.69, 9.17) is 0 Å². The van der Waals surface area contributed by atoms with E-state index in [0.29, 0.717) is 0 Å². The van der Waals surface area contributed by atoms with Crippen molar-refractivity contribution < 1.29 is 19.5 Å². The molecule has 0 aliphatic carbocycles. The molecule has 0 saturated heterocycles. The van der Waals surface area contributed by atoms with E-state index in [9.17, 15) is 0 Å². The summed E-state index contributed by atoms with van der Waals surface area (Å²) in [6.07, 6.45) is 1.25. The molecule has 0 fully saturated rings. The van der Waals surface area contributed by atoms with E-state index in [1.165, 1.54) is 13.5 Å². The molecule has 0 aliphatic rings. The molecule has 0 aromatic heterocycles. The van der Waals surface area contributed by atoms with Crippen molar-refractivity contribution in [2.75, 3.05) is 7.05 Å². The van der Waals surface area contributed by atoms with Gasteiger partial charge in [0.2, 0.25) is 0 Å². The van der Waals surface area contributed by atoms with Crippen LogP contribution >= 0.6 is 13.5 Å². The van der Waals surface area contributed by atoms with Crippen molar-refractivity contribution in [3.8, 4) is 0 Å². The Hall–Kier alpha value is 0.933. The third-order valence-electron chi connectivity index (χ3n) is 0. The van der Waals surface area contributed by atoms with Gasteiger partial charge in [0.25, 0.3) is 0 Å². The van der Waals surface area contributed by atoms with Gasteiger partial charge in [0.1, 0.15) is 0 Å². The second-order valence-corrected chi connectivity index (χ2v) is 0.707. The van der Waals surface area contributed by atoms with Gasteiger partial charge in [-0.05, 0) is 7.05 Å². The third kappa shape index (κ3) is 2870. The van der Waals surface area contributed by atoms with Crippen LogP contribution in [0.5, 0.6) is 0 Å². The van der Waals surface area contributed by atoms with Crippen LogP contribution in [0.15, 0.2) is 0 Å².